The van der Waals surface area contributed by atoms with E-state index >= 15 is 0 Å². The second-order valence-corrected chi connectivity index (χ2v) is 9.88. The van der Waals surface area contributed by atoms with E-state index in [9.17, 15) is 18.8 Å². The molecule has 9 heteroatoms. The number of ether oxygens (including phenoxy) is 2. The number of thioether (sulfide) groups is 1. The Labute approximate surface area is 214 Å². The molecule has 0 saturated carbocycles. The van der Waals surface area contributed by atoms with Crippen LogP contribution in [0, 0.1) is 11.7 Å². The van der Waals surface area contributed by atoms with Gasteiger partial charge in [-0.15, -0.1) is 0 Å². The first kappa shape index (κ1) is 25.8. The molecule has 0 spiro atoms. The molecular formula is C27H29FN2O5S. The number of rotatable bonds is 8. The van der Waals surface area contributed by atoms with Crippen LogP contribution in [0.25, 0.3) is 6.08 Å². The molecule has 36 heavy (non-hydrogen) atoms. The third-order valence-electron chi connectivity index (χ3n) is 6.18. The molecule has 190 valence electrons. The van der Waals surface area contributed by atoms with Crippen molar-refractivity contribution in [2.45, 2.75) is 33.3 Å². The maximum Gasteiger partial charge on any atom is 0.294 e. The van der Waals surface area contributed by atoms with Crippen molar-refractivity contribution in [1.82, 2.24) is 9.80 Å². The maximum atomic E-state index is 13.1. The standard InChI is InChI=1S/C27H29FN2O5S/c1-3-34-23-14-20(6-9-22(23)35-17-19-4-7-21(28)8-5-19)15-24-26(32)30(27(33)36-24)16-25(31)29-12-10-18(2)11-13-29/h4-9,14-15,18H,3,10-13,16-17H2,1-2H3/b24-15-. The lowest BCUT2D eigenvalue weighted by Crippen LogP contribution is -2.45. The summed E-state index contributed by atoms with van der Waals surface area (Å²) in [5.74, 6) is 0.587. The van der Waals surface area contributed by atoms with Gasteiger partial charge in [-0.2, -0.15) is 0 Å². The smallest absolute Gasteiger partial charge is 0.294 e. The quantitative estimate of drug-likeness (QED) is 0.458. The Bertz CT molecular complexity index is 1160. The van der Waals surface area contributed by atoms with Crippen LogP contribution in [-0.4, -0.2) is 53.1 Å². The van der Waals surface area contributed by atoms with Crippen LogP contribution >= 0.6 is 11.8 Å². The molecule has 0 bridgehead atoms. The molecule has 4 rings (SSSR count). The number of benzene rings is 2. The maximum absolute atomic E-state index is 13.1. The fourth-order valence-corrected chi connectivity index (χ4v) is 4.86. The third-order valence-corrected chi connectivity index (χ3v) is 7.08. The van der Waals surface area contributed by atoms with Crippen LogP contribution < -0.4 is 9.47 Å². The molecule has 2 aliphatic rings. The highest BCUT2D eigenvalue weighted by molar-refractivity contribution is 8.18. The Morgan fingerprint density at radius 2 is 1.81 bits per heavy atom. The number of likely N-dealkylation sites (tertiary alicyclic amines) is 1. The number of carbonyl (C=O) groups is 3. The van der Waals surface area contributed by atoms with Crippen molar-refractivity contribution in [2.24, 2.45) is 5.92 Å². The molecule has 0 N–H and O–H groups in total. The van der Waals surface area contributed by atoms with Gasteiger partial charge in [-0.3, -0.25) is 19.3 Å². The largest absolute Gasteiger partial charge is 0.490 e. The number of hydrogen-bond donors (Lipinski definition) is 0. The molecule has 2 fully saturated rings. The molecule has 0 atom stereocenters. The Kier molecular flexibility index (Phi) is 8.30. The summed E-state index contributed by atoms with van der Waals surface area (Å²) < 4.78 is 24.7. The highest BCUT2D eigenvalue weighted by Crippen LogP contribution is 2.35. The molecule has 0 unspecified atom stereocenters. The van der Waals surface area contributed by atoms with E-state index < -0.39 is 11.1 Å². The number of carbonyl (C=O) groups excluding carboxylic acids is 3. The summed E-state index contributed by atoms with van der Waals surface area (Å²) in [4.78, 5) is 41.1. The van der Waals surface area contributed by atoms with Crippen LogP contribution in [-0.2, 0) is 16.2 Å². The van der Waals surface area contributed by atoms with Crippen molar-refractivity contribution < 1.29 is 28.2 Å². The van der Waals surface area contributed by atoms with E-state index in [4.69, 9.17) is 9.47 Å². The van der Waals surface area contributed by atoms with E-state index in [1.165, 1.54) is 12.1 Å². The van der Waals surface area contributed by atoms with E-state index in [1.54, 1.807) is 41.3 Å². The van der Waals surface area contributed by atoms with E-state index in [-0.39, 0.29) is 29.8 Å². The first-order valence-electron chi connectivity index (χ1n) is 12.0. The zero-order valence-corrected chi connectivity index (χ0v) is 21.2. The number of halogens is 1. The van der Waals surface area contributed by atoms with Gasteiger partial charge in [0.25, 0.3) is 11.1 Å². The summed E-state index contributed by atoms with van der Waals surface area (Å²) >= 11 is 0.823. The number of imide groups is 1. The zero-order valence-electron chi connectivity index (χ0n) is 20.4. The minimum Gasteiger partial charge on any atom is -0.490 e. The van der Waals surface area contributed by atoms with Gasteiger partial charge in [0.1, 0.15) is 19.0 Å². The summed E-state index contributed by atoms with van der Waals surface area (Å²) in [5, 5.41) is -0.450. The number of nitrogens with zero attached hydrogens (tertiary/aromatic N) is 2. The topological polar surface area (TPSA) is 76.2 Å². The summed E-state index contributed by atoms with van der Waals surface area (Å²) in [6, 6.07) is 11.3. The normalized spacial score (nSPS) is 17.7. The number of piperidine rings is 1. The predicted octanol–water partition coefficient (Wildman–Crippen LogP) is 5.10. The Balaban J connectivity index is 1.44. The molecule has 0 aromatic heterocycles. The van der Waals surface area contributed by atoms with Crippen LogP contribution in [0.5, 0.6) is 11.5 Å². The molecule has 7 nitrogen and oxygen atoms in total. The second-order valence-electron chi connectivity index (χ2n) is 8.89. The molecule has 2 aliphatic heterocycles. The minimum absolute atomic E-state index is 0.202. The van der Waals surface area contributed by atoms with Gasteiger partial charge in [0, 0.05) is 13.1 Å². The summed E-state index contributed by atoms with van der Waals surface area (Å²) in [6.45, 7) is 5.72. The second kappa shape index (κ2) is 11.6. The van der Waals surface area contributed by atoms with Crippen LogP contribution in [0.15, 0.2) is 47.4 Å². The van der Waals surface area contributed by atoms with Gasteiger partial charge in [0.05, 0.1) is 11.5 Å². The van der Waals surface area contributed by atoms with Gasteiger partial charge in [0.15, 0.2) is 11.5 Å². The van der Waals surface area contributed by atoms with Crippen molar-refractivity contribution in [3.8, 4) is 11.5 Å². The Morgan fingerprint density at radius 1 is 1.08 bits per heavy atom. The first-order chi connectivity index (χ1) is 17.3. The van der Waals surface area contributed by atoms with Crippen molar-refractivity contribution in [2.75, 3.05) is 26.2 Å². The monoisotopic (exact) mass is 512 g/mol. The van der Waals surface area contributed by atoms with E-state index in [0.717, 1.165) is 35.1 Å². The highest BCUT2D eigenvalue weighted by atomic mass is 32.2. The summed E-state index contributed by atoms with van der Waals surface area (Å²) in [5.41, 5.74) is 1.47. The lowest BCUT2D eigenvalue weighted by atomic mass is 9.99. The van der Waals surface area contributed by atoms with Crippen LogP contribution in [0.1, 0.15) is 37.8 Å². The Hall–Kier alpha value is -3.33. The summed E-state index contributed by atoms with van der Waals surface area (Å²) in [6.07, 6.45) is 3.48. The number of amides is 3. The van der Waals surface area contributed by atoms with Crippen LogP contribution in [0.3, 0.4) is 0 Å². The highest BCUT2D eigenvalue weighted by Gasteiger charge is 2.37. The zero-order chi connectivity index (χ0) is 25.7. The van der Waals surface area contributed by atoms with Gasteiger partial charge in [-0.05, 0) is 78.9 Å². The SMILES string of the molecule is CCOc1cc(/C=C2\SC(=O)N(CC(=O)N3CCC(C)CC3)C2=O)ccc1OCc1ccc(F)cc1. The van der Waals surface area contributed by atoms with E-state index in [1.807, 2.05) is 6.92 Å². The predicted molar refractivity (Wildman–Crippen MR) is 136 cm³/mol. The van der Waals surface area contributed by atoms with Crippen LogP contribution in [0.2, 0.25) is 0 Å². The van der Waals surface area contributed by atoms with E-state index in [2.05, 4.69) is 6.92 Å². The lowest BCUT2D eigenvalue weighted by Gasteiger charge is -2.31. The average Bonchev–Trinajstić information content (AvgIpc) is 3.12. The summed E-state index contributed by atoms with van der Waals surface area (Å²) in [7, 11) is 0. The first-order valence-corrected chi connectivity index (χ1v) is 12.8. The molecule has 3 amide bonds. The van der Waals surface area contributed by atoms with Gasteiger partial charge >= 0.3 is 0 Å². The lowest BCUT2D eigenvalue weighted by molar-refractivity contribution is -0.136. The molecule has 0 aliphatic carbocycles. The van der Waals surface area contributed by atoms with Gasteiger partial charge in [0.2, 0.25) is 5.91 Å². The molecule has 2 saturated heterocycles. The fraction of sp³-hybridized carbons (Fsp3) is 0.370. The third kappa shape index (κ3) is 6.26. The number of hydrogen-bond acceptors (Lipinski definition) is 6. The molecule has 0 radical (unpaired) electrons. The molecule has 2 aromatic rings. The van der Waals surface area contributed by atoms with Gasteiger partial charge in [-0.1, -0.05) is 25.1 Å². The van der Waals surface area contributed by atoms with E-state index in [0.29, 0.717) is 42.7 Å². The van der Waals surface area contributed by atoms with Crippen molar-refractivity contribution >= 4 is 34.9 Å². The molecule has 2 heterocycles. The van der Waals surface area contributed by atoms with Crippen LogP contribution in [0.4, 0.5) is 9.18 Å². The average molecular weight is 513 g/mol. The van der Waals surface area contributed by atoms with Gasteiger partial charge in [-0.25, -0.2) is 4.39 Å². The fourth-order valence-electron chi connectivity index (χ4n) is 4.02. The van der Waals surface area contributed by atoms with Crippen molar-refractivity contribution in [3.63, 3.8) is 0 Å². The molecular weight excluding hydrogens is 483 g/mol. The molecule has 2 aromatic carbocycles. The minimum atomic E-state index is -0.474. The Morgan fingerprint density at radius 3 is 2.50 bits per heavy atom. The van der Waals surface area contributed by atoms with Crippen molar-refractivity contribution in [3.05, 3.63) is 64.3 Å². The van der Waals surface area contributed by atoms with Crippen molar-refractivity contribution in [1.29, 1.82) is 0 Å². The van der Waals surface area contributed by atoms with Gasteiger partial charge < -0.3 is 14.4 Å².